The summed E-state index contributed by atoms with van der Waals surface area (Å²) in [5.41, 5.74) is 26.4. The highest BCUT2D eigenvalue weighted by molar-refractivity contribution is 7.00. The van der Waals surface area contributed by atoms with E-state index in [0.717, 1.165) is 36.3 Å². The van der Waals surface area contributed by atoms with Gasteiger partial charge >= 0.3 is 0 Å². The first-order chi connectivity index (χ1) is 33.3. The second-order valence-electron chi connectivity index (χ2n) is 26.6. The molecule has 0 unspecified atom stereocenters. The van der Waals surface area contributed by atoms with Crippen LogP contribution in [-0.4, -0.2) is 6.71 Å². The molecule has 0 fully saturated rings. The molecule has 0 bridgehead atoms. The number of aryl methyl sites for hydroxylation is 2. The molecule has 2 aliphatic heterocycles. The second kappa shape index (κ2) is 15.8. The van der Waals surface area contributed by atoms with Gasteiger partial charge in [-0.3, -0.25) is 0 Å². The van der Waals surface area contributed by atoms with E-state index < -0.39 is 0 Å². The van der Waals surface area contributed by atoms with Gasteiger partial charge in [0.05, 0.1) is 5.69 Å². The van der Waals surface area contributed by atoms with Crippen molar-refractivity contribution in [3.05, 3.63) is 178 Å². The summed E-state index contributed by atoms with van der Waals surface area (Å²) in [7, 11) is 0. The minimum Gasteiger partial charge on any atom is -0.311 e. The largest absolute Gasteiger partial charge is 0.311 e. The predicted molar refractivity (Wildman–Crippen MR) is 308 cm³/mol. The Labute approximate surface area is 427 Å². The number of anilines is 9. The third kappa shape index (κ3) is 7.51. The van der Waals surface area contributed by atoms with Gasteiger partial charge < -0.3 is 14.7 Å². The van der Waals surface area contributed by atoms with Crippen molar-refractivity contribution in [1.82, 2.24) is 0 Å². The molecule has 2 heterocycles. The monoisotopic (exact) mass is 934 g/mol. The van der Waals surface area contributed by atoms with E-state index >= 15 is 0 Å². The molecule has 71 heavy (non-hydrogen) atoms. The molecule has 0 aromatic heterocycles. The van der Waals surface area contributed by atoms with E-state index in [2.05, 4.69) is 259 Å². The number of para-hydroxylation sites is 2. The number of benzene rings is 7. The molecule has 0 amide bonds. The standard InChI is InChI=1S/C67H76BN3/c1-42-27-28-45(63(6,7)8)35-56(42)70-55-30-29-44(62(3,4)5)34-53(55)68-54-38-50-51(65(11,12)32-31-64(50,9)10)40-58(54)71(57-39-52-49(33-43(57)2)66(13,14)41-67(52,15)16)60-37-48(36-59(70)61(60)68)69(46-23-19-17-20-24-46)47-25-21-18-22-26-47/h17-30,33-40H,31-32,41H2,1-16H3. The summed E-state index contributed by atoms with van der Waals surface area (Å²) in [6.07, 6.45) is 3.44. The Morgan fingerprint density at radius 2 is 0.859 bits per heavy atom. The molecule has 3 nitrogen and oxygen atoms in total. The molecule has 0 atom stereocenters. The Hall–Kier alpha value is -6.00. The third-order valence-electron chi connectivity index (χ3n) is 17.4. The van der Waals surface area contributed by atoms with E-state index in [0.29, 0.717) is 0 Å². The van der Waals surface area contributed by atoms with Crippen LogP contribution in [0.25, 0.3) is 0 Å². The minimum absolute atomic E-state index is 0.0156. The van der Waals surface area contributed by atoms with Gasteiger partial charge in [-0.1, -0.05) is 170 Å². The Balaban J connectivity index is 1.34. The van der Waals surface area contributed by atoms with E-state index in [-0.39, 0.29) is 39.2 Å². The van der Waals surface area contributed by atoms with Gasteiger partial charge in [0, 0.05) is 45.5 Å². The van der Waals surface area contributed by atoms with Crippen molar-refractivity contribution in [3.8, 4) is 0 Å². The lowest BCUT2D eigenvalue weighted by atomic mass is 9.33. The van der Waals surface area contributed by atoms with Gasteiger partial charge in [-0.05, 0) is 187 Å². The van der Waals surface area contributed by atoms with Gasteiger partial charge in [-0.25, -0.2) is 0 Å². The molecule has 0 saturated heterocycles. The van der Waals surface area contributed by atoms with Crippen LogP contribution in [0.15, 0.2) is 133 Å². The minimum atomic E-state index is -0.0474. The second-order valence-corrected chi connectivity index (χ2v) is 26.6. The molecule has 0 saturated carbocycles. The van der Waals surface area contributed by atoms with Gasteiger partial charge in [-0.2, -0.15) is 0 Å². The van der Waals surface area contributed by atoms with E-state index in [1.165, 1.54) is 95.0 Å². The average molecular weight is 934 g/mol. The summed E-state index contributed by atoms with van der Waals surface area (Å²) in [6, 6.07) is 52.3. The lowest BCUT2D eigenvalue weighted by molar-refractivity contribution is 0.332. The van der Waals surface area contributed by atoms with Crippen LogP contribution in [0.2, 0.25) is 0 Å². The maximum atomic E-state index is 2.74. The van der Waals surface area contributed by atoms with Crippen molar-refractivity contribution < 1.29 is 0 Å². The zero-order chi connectivity index (χ0) is 50.5. The van der Waals surface area contributed by atoms with E-state index in [4.69, 9.17) is 0 Å². The van der Waals surface area contributed by atoms with Gasteiger partial charge in [-0.15, -0.1) is 0 Å². The van der Waals surface area contributed by atoms with Crippen LogP contribution in [-0.2, 0) is 32.5 Å². The molecule has 7 aromatic carbocycles. The van der Waals surface area contributed by atoms with Crippen LogP contribution in [0.1, 0.15) is 161 Å². The Morgan fingerprint density at radius 1 is 0.408 bits per heavy atom. The average Bonchev–Trinajstić information content (AvgIpc) is 3.48. The molecular formula is C67H76BN3. The van der Waals surface area contributed by atoms with Gasteiger partial charge in [0.1, 0.15) is 0 Å². The number of hydrogen-bond donors (Lipinski definition) is 0. The Kier molecular flexibility index (Phi) is 10.5. The molecule has 11 rings (SSSR count). The summed E-state index contributed by atoms with van der Waals surface area (Å²) in [4.78, 5) is 7.88. The lowest BCUT2D eigenvalue weighted by Crippen LogP contribution is -2.62. The van der Waals surface area contributed by atoms with Crippen LogP contribution in [0.5, 0.6) is 0 Å². The first-order valence-corrected chi connectivity index (χ1v) is 26.6. The van der Waals surface area contributed by atoms with Gasteiger partial charge in [0.15, 0.2) is 0 Å². The van der Waals surface area contributed by atoms with Crippen LogP contribution in [0.3, 0.4) is 0 Å². The summed E-state index contributed by atoms with van der Waals surface area (Å²) >= 11 is 0. The van der Waals surface area contributed by atoms with E-state index in [9.17, 15) is 0 Å². The van der Waals surface area contributed by atoms with Crippen molar-refractivity contribution in [1.29, 1.82) is 0 Å². The topological polar surface area (TPSA) is 9.72 Å². The number of rotatable bonds is 5. The number of fused-ring (bicyclic) bond motifs is 6. The summed E-state index contributed by atoms with van der Waals surface area (Å²) in [5.74, 6) is 0. The Morgan fingerprint density at radius 3 is 1.42 bits per heavy atom. The maximum absolute atomic E-state index is 2.74. The summed E-state index contributed by atoms with van der Waals surface area (Å²) in [6.45, 7) is 38.6. The normalized spacial score (nSPS) is 17.8. The predicted octanol–water partition coefficient (Wildman–Crippen LogP) is 16.8. The number of nitrogens with zero attached hydrogens (tertiary/aromatic N) is 3. The van der Waals surface area contributed by atoms with Crippen molar-refractivity contribution >= 4 is 74.3 Å². The molecule has 2 aliphatic carbocycles. The molecule has 362 valence electrons. The fourth-order valence-corrected chi connectivity index (χ4v) is 13.4. The third-order valence-corrected chi connectivity index (χ3v) is 17.4. The van der Waals surface area contributed by atoms with Crippen LogP contribution < -0.4 is 31.1 Å². The SMILES string of the molecule is Cc1ccc(C(C)(C)C)cc1N1c2ccc(C(C)(C)C)cc2B2c3cc4c(cc3N(c3cc5c(cc3C)C(C)(C)CC5(C)C)c3cc(N(c5ccccc5)c5ccccc5)cc1c32)C(C)(C)CCC4(C)C. The Bertz CT molecular complexity index is 3250. The fourth-order valence-electron chi connectivity index (χ4n) is 13.4. The highest BCUT2D eigenvalue weighted by Crippen LogP contribution is 2.56. The highest BCUT2D eigenvalue weighted by Gasteiger charge is 2.49. The molecule has 4 heteroatoms. The first kappa shape index (κ1) is 47.3. The summed E-state index contributed by atoms with van der Waals surface area (Å²) in [5, 5.41) is 0. The zero-order valence-corrected chi connectivity index (χ0v) is 45.7. The molecule has 7 aromatic rings. The first-order valence-electron chi connectivity index (χ1n) is 26.6. The highest BCUT2D eigenvalue weighted by atomic mass is 15.2. The molecular weight excluding hydrogens is 858 g/mol. The van der Waals surface area contributed by atoms with Gasteiger partial charge in [0.2, 0.25) is 0 Å². The smallest absolute Gasteiger partial charge is 0.252 e. The molecule has 0 radical (unpaired) electrons. The van der Waals surface area contributed by atoms with Crippen molar-refractivity contribution in [2.75, 3.05) is 14.7 Å². The maximum Gasteiger partial charge on any atom is 0.252 e. The van der Waals surface area contributed by atoms with Crippen LogP contribution >= 0.6 is 0 Å². The van der Waals surface area contributed by atoms with Gasteiger partial charge in [0.25, 0.3) is 6.71 Å². The summed E-state index contributed by atoms with van der Waals surface area (Å²) < 4.78 is 0. The molecule has 0 N–H and O–H groups in total. The lowest BCUT2D eigenvalue weighted by Gasteiger charge is -2.48. The van der Waals surface area contributed by atoms with Crippen LogP contribution in [0, 0.1) is 13.8 Å². The van der Waals surface area contributed by atoms with Crippen molar-refractivity contribution in [2.24, 2.45) is 0 Å². The van der Waals surface area contributed by atoms with Crippen molar-refractivity contribution in [2.45, 2.75) is 163 Å². The van der Waals surface area contributed by atoms with E-state index in [1.807, 2.05) is 0 Å². The quantitative estimate of drug-likeness (QED) is 0.159. The van der Waals surface area contributed by atoms with Crippen LogP contribution in [0.4, 0.5) is 51.2 Å². The molecule has 0 spiro atoms. The van der Waals surface area contributed by atoms with Crippen molar-refractivity contribution in [3.63, 3.8) is 0 Å². The zero-order valence-electron chi connectivity index (χ0n) is 45.7. The molecule has 4 aliphatic rings. The fraction of sp³-hybridized carbons (Fsp3) is 0.373. The number of hydrogen-bond acceptors (Lipinski definition) is 3. The van der Waals surface area contributed by atoms with E-state index in [1.54, 1.807) is 0 Å².